The van der Waals surface area contributed by atoms with Gasteiger partial charge in [-0.05, 0) is 13.3 Å². The lowest BCUT2D eigenvalue weighted by Gasteiger charge is -2.43. The summed E-state index contributed by atoms with van der Waals surface area (Å²) in [5.41, 5.74) is -0.380. The van der Waals surface area contributed by atoms with Gasteiger partial charge in [0, 0.05) is 12.3 Å². The molecule has 0 amide bonds. The van der Waals surface area contributed by atoms with Gasteiger partial charge in [-0.1, -0.05) is 26.7 Å². The van der Waals surface area contributed by atoms with Gasteiger partial charge in [-0.2, -0.15) is 0 Å². The van der Waals surface area contributed by atoms with E-state index in [0.29, 0.717) is 12.0 Å². The van der Waals surface area contributed by atoms with E-state index in [9.17, 15) is 5.11 Å². The van der Waals surface area contributed by atoms with Crippen LogP contribution in [0.5, 0.6) is 0 Å². The maximum Gasteiger partial charge on any atom is 0.0872 e. The molecule has 84 valence electrons. The first-order chi connectivity index (χ1) is 6.49. The molecule has 0 spiro atoms. The molecule has 2 N–H and O–H groups in total. The first-order valence-electron chi connectivity index (χ1n) is 6.04. The fraction of sp³-hybridized carbons (Fsp3) is 1.00. The van der Waals surface area contributed by atoms with Crippen LogP contribution in [0.1, 0.15) is 46.5 Å². The zero-order valence-corrected chi connectivity index (χ0v) is 10.1. The maximum absolute atomic E-state index is 10.5. The summed E-state index contributed by atoms with van der Waals surface area (Å²) < 4.78 is 0. The Kier molecular flexibility index (Phi) is 3.96. The van der Waals surface area contributed by atoms with Crippen LogP contribution in [0.15, 0.2) is 0 Å². The van der Waals surface area contributed by atoms with Crippen LogP contribution in [0.4, 0.5) is 0 Å². The molecule has 0 bridgehead atoms. The average molecular weight is 200 g/mol. The van der Waals surface area contributed by atoms with E-state index in [0.717, 1.165) is 25.8 Å². The van der Waals surface area contributed by atoms with E-state index >= 15 is 0 Å². The normalized spacial score (nSPS) is 43.9. The molecule has 0 radical (unpaired) electrons. The molecule has 2 heteroatoms. The zero-order chi connectivity index (χ0) is 10.8. The van der Waals surface area contributed by atoms with Crippen LogP contribution in [-0.2, 0) is 0 Å². The summed E-state index contributed by atoms with van der Waals surface area (Å²) in [7, 11) is 2.24. The summed E-state index contributed by atoms with van der Waals surface area (Å²) in [6.45, 7) is 7.75. The minimum absolute atomic E-state index is 0.380. The van der Waals surface area contributed by atoms with Crippen molar-refractivity contribution >= 4 is 0 Å². The molecule has 4 atom stereocenters. The lowest BCUT2D eigenvalue weighted by atomic mass is 9.76. The van der Waals surface area contributed by atoms with Gasteiger partial charge in [0.15, 0.2) is 0 Å². The molecule has 0 aliphatic carbocycles. The highest BCUT2D eigenvalue weighted by Crippen LogP contribution is 2.29. The molecule has 0 aromatic rings. The fourth-order valence-corrected chi connectivity index (χ4v) is 2.61. The standard InChI is InChI=1S/C12H25NO/c1-5-6-7-12(14)8-11(3)13(4)9-10(12)2/h10-11,14H,5-9H2,1-4H3/p+1/t10-,11+,12-/m0/s1. The number of rotatable bonds is 3. The van der Waals surface area contributed by atoms with E-state index in [1.54, 1.807) is 4.90 Å². The van der Waals surface area contributed by atoms with Crippen LogP contribution in [-0.4, -0.2) is 30.3 Å². The predicted octanol–water partition coefficient (Wildman–Crippen LogP) is 0.851. The highest BCUT2D eigenvalue weighted by molar-refractivity contribution is 4.88. The van der Waals surface area contributed by atoms with Crippen LogP contribution in [0.25, 0.3) is 0 Å². The largest absolute Gasteiger partial charge is 0.389 e. The Morgan fingerprint density at radius 2 is 2.07 bits per heavy atom. The van der Waals surface area contributed by atoms with Crippen LogP contribution < -0.4 is 4.90 Å². The lowest BCUT2D eigenvalue weighted by molar-refractivity contribution is -0.916. The van der Waals surface area contributed by atoms with Gasteiger partial charge >= 0.3 is 0 Å². The molecule has 1 saturated heterocycles. The molecule has 1 unspecified atom stereocenters. The van der Waals surface area contributed by atoms with Gasteiger partial charge in [-0.25, -0.2) is 0 Å². The van der Waals surface area contributed by atoms with Crippen LogP contribution in [0.3, 0.4) is 0 Å². The molecular weight excluding hydrogens is 174 g/mol. The summed E-state index contributed by atoms with van der Waals surface area (Å²) in [5.74, 6) is 0.449. The van der Waals surface area contributed by atoms with Crippen molar-refractivity contribution in [3.8, 4) is 0 Å². The predicted molar refractivity (Wildman–Crippen MR) is 59.5 cm³/mol. The minimum atomic E-state index is -0.380. The topological polar surface area (TPSA) is 24.7 Å². The van der Waals surface area contributed by atoms with Crippen molar-refractivity contribution in [3.05, 3.63) is 0 Å². The molecule has 1 rings (SSSR count). The van der Waals surface area contributed by atoms with Crippen molar-refractivity contribution in [2.45, 2.75) is 58.1 Å². The first kappa shape index (κ1) is 12.0. The molecule has 14 heavy (non-hydrogen) atoms. The highest BCUT2D eigenvalue weighted by Gasteiger charge is 2.42. The monoisotopic (exact) mass is 200 g/mol. The van der Waals surface area contributed by atoms with Gasteiger partial charge in [-0.3, -0.25) is 0 Å². The molecule has 1 aliphatic heterocycles. The Balaban J connectivity index is 2.58. The number of likely N-dealkylation sites (tertiary alicyclic amines) is 1. The Morgan fingerprint density at radius 3 is 2.64 bits per heavy atom. The molecule has 0 saturated carbocycles. The van der Waals surface area contributed by atoms with Crippen molar-refractivity contribution in [2.75, 3.05) is 13.6 Å². The first-order valence-corrected chi connectivity index (χ1v) is 6.04. The third-order valence-electron chi connectivity index (χ3n) is 4.01. The van der Waals surface area contributed by atoms with E-state index in [4.69, 9.17) is 0 Å². The Labute approximate surface area is 88.3 Å². The van der Waals surface area contributed by atoms with Gasteiger partial charge in [-0.15, -0.1) is 0 Å². The third kappa shape index (κ3) is 2.48. The number of hydrogen-bond acceptors (Lipinski definition) is 1. The molecule has 0 aromatic heterocycles. The van der Waals surface area contributed by atoms with Crippen molar-refractivity contribution in [1.29, 1.82) is 0 Å². The number of piperidine rings is 1. The van der Waals surface area contributed by atoms with Crippen molar-refractivity contribution in [2.24, 2.45) is 5.92 Å². The number of unbranched alkanes of at least 4 members (excludes halogenated alkanes) is 1. The molecule has 1 heterocycles. The van der Waals surface area contributed by atoms with Gasteiger partial charge in [0.25, 0.3) is 0 Å². The number of quaternary nitrogens is 1. The second kappa shape index (κ2) is 4.63. The molecule has 1 aliphatic rings. The smallest absolute Gasteiger partial charge is 0.0872 e. The molecular formula is C12H26NO+. The molecule has 0 aromatic carbocycles. The second-order valence-electron chi connectivity index (χ2n) is 5.26. The van der Waals surface area contributed by atoms with Crippen molar-refractivity contribution < 1.29 is 10.0 Å². The Bertz CT molecular complexity index is 183. The highest BCUT2D eigenvalue weighted by atomic mass is 16.3. The van der Waals surface area contributed by atoms with Gasteiger partial charge in [0.2, 0.25) is 0 Å². The quantitative estimate of drug-likeness (QED) is 0.694. The Morgan fingerprint density at radius 1 is 1.43 bits per heavy atom. The Hall–Kier alpha value is -0.0800. The van der Waals surface area contributed by atoms with Crippen LogP contribution in [0, 0.1) is 5.92 Å². The van der Waals surface area contributed by atoms with Gasteiger partial charge < -0.3 is 10.0 Å². The summed E-state index contributed by atoms with van der Waals surface area (Å²) in [6.07, 6.45) is 4.31. The zero-order valence-electron chi connectivity index (χ0n) is 10.1. The van der Waals surface area contributed by atoms with E-state index in [2.05, 4.69) is 27.8 Å². The van der Waals surface area contributed by atoms with Crippen molar-refractivity contribution in [3.63, 3.8) is 0 Å². The third-order valence-corrected chi connectivity index (χ3v) is 4.01. The average Bonchev–Trinajstić information content (AvgIpc) is 2.12. The maximum atomic E-state index is 10.5. The number of aliphatic hydroxyl groups is 1. The summed E-state index contributed by atoms with van der Waals surface area (Å²) in [4.78, 5) is 1.57. The molecule has 2 nitrogen and oxygen atoms in total. The van der Waals surface area contributed by atoms with Crippen LogP contribution in [0.2, 0.25) is 0 Å². The van der Waals surface area contributed by atoms with E-state index in [1.807, 2.05) is 0 Å². The second-order valence-corrected chi connectivity index (χ2v) is 5.26. The molecule has 1 fully saturated rings. The van der Waals surface area contributed by atoms with Crippen LogP contribution >= 0.6 is 0 Å². The lowest BCUT2D eigenvalue weighted by Crippen LogP contribution is -3.15. The van der Waals surface area contributed by atoms with Gasteiger partial charge in [0.1, 0.15) is 0 Å². The number of nitrogens with one attached hydrogen (secondary N) is 1. The van der Waals surface area contributed by atoms with E-state index in [-0.39, 0.29) is 5.60 Å². The summed E-state index contributed by atoms with van der Waals surface area (Å²) >= 11 is 0. The summed E-state index contributed by atoms with van der Waals surface area (Å²) in [5, 5.41) is 10.5. The SMILES string of the molecule is CCCC[C@]1(O)C[C@@H](C)[NH+](C)C[C@@H]1C. The minimum Gasteiger partial charge on any atom is -0.389 e. The van der Waals surface area contributed by atoms with E-state index < -0.39 is 0 Å². The fourth-order valence-electron chi connectivity index (χ4n) is 2.61. The van der Waals surface area contributed by atoms with E-state index in [1.165, 1.54) is 6.42 Å². The van der Waals surface area contributed by atoms with Gasteiger partial charge in [0.05, 0.1) is 25.2 Å². The number of hydrogen-bond donors (Lipinski definition) is 2. The van der Waals surface area contributed by atoms with Crippen molar-refractivity contribution in [1.82, 2.24) is 0 Å². The summed E-state index contributed by atoms with van der Waals surface area (Å²) in [6, 6.07) is 0.605.